The molecule has 2 N–H and O–H groups in total. The number of amides is 2. The van der Waals surface area contributed by atoms with Crippen LogP contribution in [0.15, 0.2) is 29.4 Å². The SMILES string of the molecule is CCc1ccc(O[C@H](C)C(=O)NCc2nnc(SCC(=O)N[C@H]3CCCC[C@@H]3C)n2CC)cc1. The van der Waals surface area contributed by atoms with Gasteiger partial charge in [0.2, 0.25) is 5.91 Å². The van der Waals surface area contributed by atoms with Crippen LogP contribution < -0.4 is 15.4 Å². The maximum absolute atomic E-state index is 12.5. The van der Waals surface area contributed by atoms with Crippen LogP contribution in [-0.4, -0.2) is 44.5 Å². The molecule has 0 spiro atoms. The summed E-state index contributed by atoms with van der Waals surface area (Å²) in [5.74, 6) is 1.95. The van der Waals surface area contributed by atoms with Crippen LogP contribution >= 0.6 is 11.8 Å². The van der Waals surface area contributed by atoms with Crippen molar-refractivity contribution in [1.29, 1.82) is 0 Å². The third-order valence-corrected chi connectivity index (χ3v) is 7.30. The van der Waals surface area contributed by atoms with E-state index in [1.807, 2.05) is 35.8 Å². The molecule has 3 rings (SSSR count). The molecule has 0 bridgehead atoms. The maximum Gasteiger partial charge on any atom is 0.261 e. The fourth-order valence-corrected chi connectivity index (χ4v) is 4.99. The molecule has 0 aliphatic heterocycles. The van der Waals surface area contributed by atoms with E-state index in [2.05, 4.69) is 34.7 Å². The third kappa shape index (κ3) is 7.22. The lowest BCUT2D eigenvalue weighted by Crippen LogP contribution is -2.41. The average Bonchev–Trinajstić information content (AvgIpc) is 3.24. The van der Waals surface area contributed by atoms with E-state index >= 15 is 0 Å². The van der Waals surface area contributed by atoms with Gasteiger partial charge in [0.05, 0.1) is 12.3 Å². The van der Waals surface area contributed by atoms with E-state index in [9.17, 15) is 9.59 Å². The number of hydrogen-bond donors (Lipinski definition) is 2. The van der Waals surface area contributed by atoms with Gasteiger partial charge in [0.25, 0.3) is 5.91 Å². The van der Waals surface area contributed by atoms with Crippen LogP contribution in [0.1, 0.15) is 64.8 Å². The number of ether oxygens (including phenoxy) is 1. The molecule has 0 saturated heterocycles. The molecule has 34 heavy (non-hydrogen) atoms. The highest BCUT2D eigenvalue weighted by molar-refractivity contribution is 7.99. The predicted octanol–water partition coefficient (Wildman–Crippen LogP) is 3.73. The highest BCUT2D eigenvalue weighted by Crippen LogP contribution is 2.24. The summed E-state index contributed by atoms with van der Waals surface area (Å²) in [6, 6.07) is 8.03. The summed E-state index contributed by atoms with van der Waals surface area (Å²) in [4.78, 5) is 25.0. The van der Waals surface area contributed by atoms with Crippen molar-refractivity contribution in [3.8, 4) is 5.75 Å². The van der Waals surface area contributed by atoms with Crippen LogP contribution in [0.5, 0.6) is 5.75 Å². The summed E-state index contributed by atoms with van der Waals surface area (Å²) in [7, 11) is 0. The van der Waals surface area contributed by atoms with Gasteiger partial charge in [-0.3, -0.25) is 9.59 Å². The van der Waals surface area contributed by atoms with Gasteiger partial charge < -0.3 is 19.9 Å². The molecule has 1 saturated carbocycles. The second kappa shape index (κ2) is 12.8. The Morgan fingerprint density at radius 2 is 1.91 bits per heavy atom. The first-order valence-corrected chi connectivity index (χ1v) is 13.3. The minimum absolute atomic E-state index is 0.0298. The van der Waals surface area contributed by atoms with Crippen molar-refractivity contribution in [2.45, 2.75) is 90.2 Å². The van der Waals surface area contributed by atoms with E-state index in [1.54, 1.807) is 6.92 Å². The zero-order valence-electron chi connectivity index (χ0n) is 20.7. The molecule has 186 valence electrons. The maximum atomic E-state index is 12.5. The Bertz CT molecular complexity index is 947. The summed E-state index contributed by atoms with van der Waals surface area (Å²) in [5, 5.41) is 15.2. The van der Waals surface area contributed by atoms with Gasteiger partial charge in [-0.05, 0) is 56.7 Å². The normalized spacial score (nSPS) is 18.8. The number of carbonyl (C=O) groups is 2. The molecule has 1 aromatic carbocycles. The van der Waals surface area contributed by atoms with Crippen LogP contribution in [0.4, 0.5) is 0 Å². The first-order chi connectivity index (χ1) is 16.4. The summed E-state index contributed by atoms with van der Waals surface area (Å²) in [5.41, 5.74) is 1.22. The number of aryl methyl sites for hydroxylation is 1. The van der Waals surface area contributed by atoms with Crippen molar-refractivity contribution < 1.29 is 14.3 Å². The fourth-order valence-electron chi connectivity index (χ4n) is 4.15. The van der Waals surface area contributed by atoms with E-state index in [1.165, 1.54) is 36.6 Å². The summed E-state index contributed by atoms with van der Waals surface area (Å²) >= 11 is 1.38. The molecule has 1 aliphatic carbocycles. The first kappa shape index (κ1) is 26.1. The number of thioether (sulfide) groups is 1. The third-order valence-electron chi connectivity index (χ3n) is 6.33. The lowest BCUT2D eigenvalue weighted by Gasteiger charge is -2.29. The number of carbonyl (C=O) groups excluding carboxylic acids is 2. The summed E-state index contributed by atoms with van der Waals surface area (Å²) < 4.78 is 7.68. The van der Waals surface area contributed by atoms with Crippen molar-refractivity contribution >= 4 is 23.6 Å². The van der Waals surface area contributed by atoms with Crippen molar-refractivity contribution in [3.63, 3.8) is 0 Å². The molecular weight excluding hydrogens is 450 g/mol. The van der Waals surface area contributed by atoms with Gasteiger partial charge in [0, 0.05) is 12.6 Å². The standard InChI is InChI=1S/C25H37N5O3S/c1-5-19-11-13-20(14-12-19)33-18(4)24(32)26-15-22-28-29-25(30(22)6-2)34-16-23(31)27-21-10-8-7-9-17(21)3/h11-14,17-18,21H,5-10,15-16H2,1-4H3,(H,26,32)(H,27,31)/t17-,18+,21-/m0/s1. The molecule has 1 heterocycles. The molecule has 3 atom stereocenters. The molecule has 2 amide bonds. The van der Waals surface area contributed by atoms with Gasteiger partial charge in [-0.1, -0.05) is 50.6 Å². The second-order valence-electron chi connectivity index (χ2n) is 8.84. The Morgan fingerprint density at radius 1 is 1.18 bits per heavy atom. The number of nitrogens with zero attached hydrogens (tertiary/aromatic N) is 3. The van der Waals surface area contributed by atoms with E-state index in [-0.39, 0.29) is 24.4 Å². The van der Waals surface area contributed by atoms with Crippen LogP contribution in [0.3, 0.4) is 0 Å². The fraction of sp³-hybridized carbons (Fsp3) is 0.600. The Hall–Kier alpha value is -2.55. The number of rotatable bonds is 11. The van der Waals surface area contributed by atoms with Crippen LogP contribution in [0.25, 0.3) is 0 Å². The predicted molar refractivity (Wildman–Crippen MR) is 134 cm³/mol. The molecule has 1 aromatic heterocycles. The van der Waals surface area contributed by atoms with Gasteiger partial charge in [0.1, 0.15) is 5.75 Å². The largest absolute Gasteiger partial charge is 0.481 e. The topological polar surface area (TPSA) is 98.1 Å². The Labute approximate surface area is 206 Å². The summed E-state index contributed by atoms with van der Waals surface area (Å²) in [6.45, 7) is 8.91. The smallest absolute Gasteiger partial charge is 0.261 e. The van der Waals surface area contributed by atoms with Crippen LogP contribution in [0.2, 0.25) is 0 Å². The van der Waals surface area contributed by atoms with Gasteiger partial charge in [-0.15, -0.1) is 10.2 Å². The highest BCUT2D eigenvalue weighted by atomic mass is 32.2. The number of aromatic nitrogens is 3. The molecule has 8 nitrogen and oxygen atoms in total. The molecule has 9 heteroatoms. The average molecular weight is 488 g/mol. The molecule has 1 aliphatic rings. The Morgan fingerprint density at radius 3 is 2.59 bits per heavy atom. The Kier molecular flexibility index (Phi) is 9.80. The van der Waals surface area contributed by atoms with E-state index in [0.717, 1.165) is 12.8 Å². The van der Waals surface area contributed by atoms with Crippen molar-refractivity contribution in [3.05, 3.63) is 35.7 Å². The van der Waals surface area contributed by atoms with Gasteiger partial charge >= 0.3 is 0 Å². The molecule has 0 unspecified atom stereocenters. The summed E-state index contributed by atoms with van der Waals surface area (Å²) in [6.07, 6.45) is 4.98. The highest BCUT2D eigenvalue weighted by Gasteiger charge is 2.23. The number of nitrogens with one attached hydrogen (secondary N) is 2. The quantitative estimate of drug-likeness (QED) is 0.469. The Balaban J connectivity index is 1.48. The molecular formula is C25H37N5O3S. The minimum Gasteiger partial charge on any atom is -0.481 e. The molecule has 1 fully saturated rings. The lowest BCUT2D eigenvalue weighted by atomic mass is 9.86. The number of hydrogen-bond acceptors (Lipinski definition) is 6. The first-order valence-electron chi connectivity index (χ1n) is 12.3. The van der Waals surface area contributed by atoms with Crippen molar-refractivity contribution in [1.82, 2.24) is 25.4 Å². The van der Waals surface area contributed by atoms with Gasteiger partial charge in [0.15, 0.2) is 17.1 Å². The molecule has 2 aromatic rings. The second-order valence-corrected chi connectivity index (χ2v) is 9.79. The lowest BCUT2D eigenvalue weighted by molar-refractivity contribution is -0.127. The molecule has 0 radical (unpaired) electrons. The van der Waals surface area contributed by atoms with E-state index in [0.29, 0.717) is 34.9 Å². The van der Waals surface area contributed by atoms with Crippen molar-refractivity contribution in [2.24, 2.45) is 5.92 Å². The van der Waals surface area contributed by atoms with Crippen molar-refractivity contribution in [2.75, 3.05) is 5.75 Å². The van der Waals surface area contributed by atoms with Crippen LogP contribution in [0, 0.1) is 5.92 Å². The van der Waals surface area contributed by atoms with Gasteiger partial charge in [-0.25, -0.2) is 0 Å². The van der Waals surface area contributed by atoms with Gasteiger partial charge in [-0.2, -0.15) is 0 Å². The van der Waals surface area contributed by atoms with Crippen LogP contribution in [-0.2, 0) is 29.1 Å². The monoisotopic (exact) mass is 487 g/mol. The van der Waals surface area contributed by atoms with E-state index in [4.69, 9.17) is 4.74 Å². The zero-order chi connectivity index (χ0) is 24.5. The zero-order valence-corrected chi connectivity index (χ0v) is 21.5. The number of benzene rings is 1. The minimum atomic E-state index is -0.634. The van der Waals surface area contributed by atoms with E-state index < -0.39 is 6.10 Å².